The maximum atomic E-state index is 11.5. The fourth-order valence-electron chi connectivity index (χ4n) is 2.92. The van der Waals surface area contributed by atoms with Gasteiger partial charge in [0.15, 0.2) is 9.84 Å². The average Bonchev–Trinajstić information content (AvgIpc) is 2.14. The van der Waals surface area contributed by atoms with E-state index in [0.29, 0.717) is 6.54 Å². The molecule has 1 aliphatic heterocycles. The van der Waals surface area contributed by atoms with Crippen molar-refractivity contribution in [2.45, 2.75) is 25.7 Å². The van der Waals surface area contributed by atoms with Crippen LogP contribution >= 0.6 is 0 Å². The Morgan fingerprint density at radius 2 is 1.94 bits per heavy atom. The Bertz CT molecular complexity index is 522. The second-order valence-electron chi connectivity index (χ2n) is 5.17. The van der Waals surface area contributed by atoms with Gasteiger partial charge in [0, 0.05) is 5.41 Å². The molecular formula is C13H19NO2S. The Balaban J connectivity index is 2.41. The van der Waals surface area contributed by atoms with Crippen molar-refractivity contribution in [3.05, 3.63) is 34.9 Å². The minimum atomic E-state index is -2.84. The molecule has 0 atom stereocenters. The summed E-state index contributed by atoms with van der Waals surface area (Å²) in [5, 5.41) is 0. The van der Waals surface area contributed by atoms with Crippen molar-refractivity contribution in [2.24, 2.45) is 5.73 Å². The van der Waals surface area contributed by atoms with Gasteiger partial charge in [0.25, 0.3) is 0 Å². The standard InChI is InChI=1S/C13H19NO2S/c1-10-3-4-12(11(2)7-10)13(5-6-14)8-17(15,16)9-13/h3-4,7H,5-6,8-9,14H2,1-2H3. The smallest absolute Gasteiger partial charge is 0.152 e. The zero-order chi connectivity index (χ0) is 12.7. The van der Waals surface area contributed by atoms with Crippen LogP contribution in [0.15, 0.2) is 18.2 Å². The largest absolute Gasteiger partial charge is 0.330 e. The molecule has 1 aliphatic rings. The molecule has 1 heterocycles. The molecule has 94 valence electrons. The molecule has 1 aromatic rings. The predicted molar refractivity (Wildman–Crippen MR) is 69.9 cm³/mol. The van der Waals surface area contributed by atoms with Crippen LogP contribution in [0.1, 0.15) is 23.1 Å². The van der Waals surface area contributed by atoms with Crippen LogP contribution in [0.3, 0.4) is 0 Å². The quantitative estimate of drug-likeness (QED) is 0.883. The Hall–Kier alpha value is -0.870. The summed E-state index contributed by atoms with van der Waals surface area (Å²) < 4.78 is 23.0. The molecule has 0 bridgehead atoms. The van der Waals surface area contributed by atoms with Crippen molar-refractivity contribution < 1.29 is 8.42 Å². The number of hydrogen-bond acceptors (Lipinski definition) is 3. The van der Waals surface area contributed by atoms with Gasteiger partial charge in [-0.15, -0.1) is 0 Å². The first-order chi connectivity index (χ1) is 7.88. The van der Waals surface area contributed by atoms with Crippen LogP contribution < -0.4 is 5.73 Å². The molecule has 0 unspecified atom stereocenters. The van der Waals surface area contributed by atoms with Crippen LogP contribution in [-0.2, 0) is 15.3 Å². The Labute approximate surface area is 103 Å². The van der Waals surface area contributed by atoms with E-state index >= 15 is 0 Å². The number of benzene rings is 1. The van der Waals surface area contributed by atoms with Gasteiger partial charge in [-0.25, -0.2) is 8.42 Å². The highest BCUT2D eigenvalue weighted by molar-refractivity contribution is 7.93. The van der Waals surface area contributed by atoms with E-state index < -0.39 is 9.84 Å². The van der Waals surface area contributed by atoms with E-state index in [9.17, 15) is 8.42 Å². The molecule has 17 heavy (non-hydrogen) atoms. The lowest BCUT2D eigenvalue weighted by molar-refractivity contribution is 0.431. The summed E-state index contributed by atoms with van der Waals surface area (Å²) in [6.07, 6.45) is 0.746. The molecule has 0 aromatic heterocycles. The normalized spacial score (nSPS) is 20.9. The molecule has 0 amide bonds. The van der Waals surface area contributed by atoms with Gasteiger partial charge in [0.2, 0.25) is 0 Å². The second kappa shape index (κ2) is 4.10. The van der Waals surface area contributed by atoms with Crippen molar-refractivity contribution in [1.82, 2.24) is 0 Å². The lowest BCUT2D eigenvalue weighted by Gasteiger charge is -2.42. The summed E-state index contributed by atoms with van der Waals surface area (Å²) >= 11 is 0. The summed E-state index contributed by atoms with van der Waals surface area (Å²) in [5.41, 5.74) is 8.94. The molecule has 2 N–H and O–H groups in total. The first-order valence-corrected chi connectivity index (χ1v) is 7.69. The van der Waals surface area contributed by atoms with Crippen molar-refractivity contribution in [1.29, 1.82) is 0 Å². The van der Waals surface area contributed by atoms with Gasteiger partial charge >= 0.3 is 0 Å². The summed E-state index contributed by atoms with van der Waals surface area (Å²) in [6.45, 7) is 4.62. The monoisotopic (exact) mass is 253 g/mol. The van der Waals surface area contributed by atoms with Gasteiger partial charge in [0.05, 0.1) is 11.5 Å². The fraction of sp³-hybridized carbons (Fsp3) is 0.538. The molecule has 2 rings (SSSR count). The summed E-state index contributed by atoms with van der Waals surface area (Å²) in [6, 6.07) is 6.22. The van der Waals surface area contributed by atoms with E-state index in [2.05, 4.69) is 12.1 Å². The van der Waals surface area contributed by atoms with Gasteiger partial charge in [-0.3, -0.25) is 0 Å². The molecule has 3 nitrogen and oxygen atoms in total. The van der Waals surface area contributed by atoms with Crippen LogP contribution in [0.4, 0.5) is 0 Å². The highest BCUT2D eigenvalue weighted by Crippen LogP contribution is 2.41. The number of rotatable bonds is 3. The van der Waals surface area contributed by atoms with Gasteiger partial charge in [0.1, 0.15) is 0 Å². The SMILES string of the molecule is Cc1ccc(C2(CCN)CS(=O)(=O)C2)c(C)c1. The molecule has 1 saturated heterocycles. The lowest BCUT2D eigenvalue weighted by atomic mass is 9.78. The molecule has 0 aliphatic carbocycles. The number of sulfone groups is 1. The van der Waals surface area contributed by atoms with E-state index in [4.69, 9.17) is 5.73 Å². The zero-order valence-corrected chi connectivity index (χ0v) is 11.2. The maximum absolute atomic E-state index is 11.5. The van der Waals surface area contributed by atoms with E-state index in [1.807, 2.05) is 19.9 Å². The van der Waals surface area contributed by atoms with Gasteiger partial charge in [-0.1, -0.05) is 23.8 Å². The maximum Gasteiger partial charge on any atom is 0.152 e. The van der Waals surface area contributed by atoms with E-state index in [1.54, 1.807) is 0 Å². The fourth-order valence-corrected chi connectivity index (χ4v) is 5.12. The highest BCUT2D eigenvalue weighted by Gasteiger charge is 2.49. The summed E-state index contributed by atoms with van der Waals surface area (Å²) in [4.78, 5) is 0. The molecule has 0 radical (unpaired) electrons. The molecule has 4 heteroatoms. The van der Waals surface area contributed by atoms with Crippen LogP contribution in [0.2, 0.25) is 0 Å². The van der Waals surface area contributed by atoms with E-state index in [0.717, 1.165) is 12.0 Å². The van der Waals surface area contributed by atoms with Crippen molar-refractivity contribution in [2.75, 3.05) is 18.1 Å². The van der Waals surface area contributed by atoms with Crippen LogP contribution in [0, 0.1) is 13.8 Å². The van der Waals surface area contributed by atoms with Crippen molar-refractivity contribution in [3.8, 4) is 0 Å². The third-order valence-electron chi connectivity index (χ3n) is 3.57. The van der Waals surface area contributed by atoms with Crippen LogP contribution in [0.5, 0.6) is 0 Å². The molecule has 0 saturated carbocycles. The van der Waals surface area contributed by atoms with Crippen LogP contribution in [-0.4, -0.2) is 26.5 Å². The first kappa shape index (κ1) is 12.6. The summed E-state index contributed by atoms with van der Waals surface area (Å²) in [5.74, 6) is 0.502. The summed E-state index contributed by atoms with van der Waals surface area (Å²) in [7, 11) is -2.84. The number of aryl methyl sites for hydroxylation is 2. The zero-order valence-electron chi connectivity index (χ0n) is 10.4. The predicted octanol–water partition coefficient (Wildman–Crippen LogP) is 1.32. The van der Waals surface area contributed by atoms with E-state index in [1.165, 1.54) is 11.1 Å². The van der Waals surface area contributed by atoms with E-state index in [-0.39, 0.29) is 16.9 Å². The average molecular weight is 253 g/mol. The van der Waals surface area contributed by atoms with Gasteiger partial charge in [-0.2, -0.15) is 0 Å². The number of hydrogen-bond donors (Lipinski definition) is 1. The lowest BCUT2D eigenvalue weighted by Crippen LogP contribution is -2.53. The van der Waals surface area contributed by atoms with Crippen LogP contribution in [0.25, 0.3) is 0 Å². The molecule has 1 fully saturated rings. The van der Waals surface area contributed by atoms with Crippen molar-refractivity contribution >= 4 is 9.84 Å². The number of nitrogens with two attached hydrogens (primary N) is 1. The Morgan fingerprint density at radius 1 is 1.29 bits per heavy atom. The topological polar surface area (TPSA) is 60.2 Å². The minimum Gasteiger partial charge on any atom is -0.330 e. The third-order valence-corrected chi connectivity index (χ3v) is 5.55. The van der Waals surface area contributed by atoms with Crippen molar-refractivity contribution in [3.63, 3.8) is 0 Å². The van der Waals surface area contributed by atoms with Gasteiger partial charge < -0.3 is 5.73 Å². The molecule has 1 aromatic carbocycles. The third kappa shape index (κ3) is 2.24. The molecule has 0 spiro atoms. The van der Waals surface area contributed by atoms with Gasteiger partial charge in [-0.05, 0) is 37.9 Å². The second-order valence-corrected chi connectivity index (χ2v) is 7.23. The highest BCUT2D eigenvalue weighted by atomic mass is 32.2. The Morgan fingerprint density at radius 3 is 2.41 bits per heavy atom. The molecular weight excluding hydrogens is 234 g/mol. The first-order valence-electron chi connectivity index (χ1n) is 5.87. The Kier molecular flexibility index (Phi) is 3.04. The minimum absolute atomic E-state index is 0.231.